The van der Waals surface area contributed by atoms with Crippen LogP contribution in [0.15, 0.2) is 46.2 Å². The molecule has 1 aliphatic carbocycles. The van der Waals surface area contributed by atoms with E-state index in [4.69, 9.17) is 10.5 Å². The quantitative estimate of drug-likeness (QED) is 0.726. The molecule has 0 spiro atoms. The number of likely N-dealkylation sites (tertiary alicyclic amines) is 1. The molecular weight excluding hydrogens is 361 g/mol. The summed E-state index contributed by atoms with van der Waals surface area (Å²) in [4.78, 5) is 15.4. The minimum absolute atomic E-state index is 0.0555. The highest BCUT2D eigenvalue weighted by atomic mass is 19.1. The van der Waals surface area contributed by atoms with Gasteiger partial charge in [0, 0.05) is 38.1 Å². The van der Waals surface area contributed by atoms with Crippen LogP contribution in [0.25, 0.3) is 0 Å². The Bertz CT molecular complexity index is 810. The Balaban J connectivity index is 1.68. The van der Waals surface area contributed by atoms with Crippen LogP contribution in [0.2, 0.25) is 0 Å². The molecule has 1 saturated heterocycles. The Morgan fingerprint density at radius 3 is 2.79 bits per heavy atom. The molecule has 3 aliphatic heterocycles. The van der Waals surface area contributed by atoms with E-state index in [-0.39, 0.29) is 24.3 Å². The van der Waals surface area contributed by atoms with Crippen molar-refractivity contribution in [1.29, 1.82) is 0 Å². The third kappa shape index (κ3) is 3.37. The Morgan fingerprint density at radius 2 is 2.14 bits per heavy atom. The number of aliphatic carboxylic acids is 1. The van der Waals surface area contributed by atoms with E-state index >= 15 is 4.39 Å². The van der Waals surface area contributed by atoms with E-state index in [0.29, 0.717) is 30.3 Å². The smallest absolute Gasteiger partial charge is 0.333 e. The van der Waals surface area contributed by atoms with Crippen LogP contribution < -0.4 is 5.73 Å². The lowest BCUT2D eigenvalue weighted by Gasteiger charge is -2.37. The maximum absolute atomic E-state index is 15.1. The molecule has 3 heterocycles. The average Bonchev–Trinajstić information content (AvgIpc) is 3.38. The van der Waals surface area contributed by atoms with Gasteiger partial charge in [-0.05, 0) is 55.2 Å². The number of halogens is 1. The zero-order valence-electron chi connectivity index (χ0n) is 16.4. The first-order valence-electron chi connectivity index (χ1n) is 9.93. The molecule has 4 rings (SSSR count). The minimum atomic E-state index is -0.937. The summed E-state index contributed by atoms with van der Waals surface area (Å²) in [5.74, 6) is -0.593. The Kier molecular flexibility index (Phi) is 5.05. The van der Waals surface area contributed by atoms with Crippen LogP contribution in [0, 0.1) is 11.8 Å². The molecule has 2 atom stereocenters. The van der Waals surface area contributed by atoms with Gasteiger partial charge >= 0.3 is 5.97 Å². The van der Waals surface area contributed by atoms with Gasteiger partial charge < -0.3 is 25.4 Å². The monoisotopic (exact) mass is 389 g/mol. The molecule has 6 nitrogen and oxygen atoms in total. The molecule has 28 heavy (non-hydrogen) atoms. The second-order valence-electron chi connectivity index (χ2n) is 8.25. The molecule has 0 bridgehead atoms. The first-order chi connectivity index (χ1) is 13.4. The maximum Gasteiger partial charge on any atom is 0.333 e. The normalized spacial score (nSPS) is 26.4. The number of carboxylic acids is 1. The van der Waals surface area contributed by atoms with Gasteiger partial charge in [0.1, 0.15) is 0 Å². The van der Waals surface area contributed by atoms with Gasteiger partial charge in [0.2, 0.25) is 0 Å². The molecule has 0 amide bonds. The van der Waals surface area contributed by atoms with E-state index in [2.05, 4.69) is 4.90 Å². The Hall–Kier alpha value is -2.12. The largest absolute Gasteiger partial charge is 0.478 e. The first-order valence-corrected chi connectivity index (χ1v) is 9.93. The van der Waals surface area contributed by atoms with Crippen molar-refractivity contribution in [1.82, 2.24) is 9.80 Å². The average molecular weight is 389 g/mol. The summed E-state index contributed by atoms with van der Waals surface area (Å²) in [6.07, 6.45) is 6.31. The van der Waals surface area contributed by atoms with E-state index < -0.39 is 5.97 Å². The van der Waals surface area contributed by atoms with Crippen LogP contribution in [-0.4, -0.2) is 60.3 Å². The van der Waals surface area contributed by atoms with Crippen molar-refractivity contribution in [3.63, 3.8) is 0 Å². The molecule has 0 aromatic carbocycles. The summed E-state index contributed by atoms with van der Waals surface area (Å²) >= 11 is 0. The number of nitrogens with two attached hydrogens (primary N) is 1. The van der Waals surface area contributed by atoms with Crippen molar-refractivity contribution >= 4 is 5.97 Å². The predicted octanol–water partition coefficient (Wildman–Crippen LogP) is 2.37. The van der Waals surface area contributed by atoms with E-state index in [1.54, 1.807) is 12.0 Å². The number of rotatable bonds is 6. The number of methoxy groups -OCH3 is 1. The molecular formula is C21H28FN3O3. The van der Waals surface area contributed by atoms with Crippen molar-refractivity contribution < 1.29 is 19.0 Å². The molecule has 152 valence electrons. The van der Waals surface area contributed by atoms with Gasteiger partial charge in [0.05, 0.1) is 24.4 Å². The van der Waals surface area contributed by atoms with Crippen LogP contribution in [0.4, 0.5) is 4.39 Å². The predicted molar refractivity (Wildman–Crippen MR) is 104 cm³/mol. The van der Waals surface area contributed by atoms with Gasteiger partial charge in [0.25, 0.3) is 0 Å². The van der Waals surface area contributed by atoms with E-state index in [1.165, 1.54) is 6.20 Å². The molecule has 0 aromatic rings. The van der Waals surface area contributed by atoms with Gasteiger partial charge in [-0.1, -0.05) is 0 Å². The van der Waals surface area contributed by atoms with Crippen molar-refractivity contribution in [2.75, 3.05) is 33.4 Å². The molecule has 0 unspecified atom stereocenters. The fraction of sp³-hybridized carbons (Fsp3) is 0.571. The Labute approximate surface area is 164 Å². The van der Waals surface area contributed by atoms with Crippen LogP contribution in [0.1, 0.15) is 26.2 Å². The summed E-state index contributed by atoms with van der Waals surface area (Å²) in [7, 11) is 1.64. The van der Waals surface area contributed by atoms with Crippen LogP contribution in [-0.2, 0) is 9.53 Å². The fourth-order valence-corrected chi connectivity index (χ4v) is 4.65. The molecule has 4 aliphatic rings. The van der Waals surface area contributed by atoms with Gasteiger partial charge in [-0.25, -0.2) is 9.18 Å². The summed E-state index contributed by atoms with van der Waals surface area (Å²) in [6.45, 7) is 4.12. The topological polar surface area (TPSA) is 79.0 Å². The minimum Gasteiger partial charge on any atom is -0.478 e. The molecule has 3 N–H and O–H groups in total. The third-order valence-electron chi connectivity index (χ3n) is 6.23. The van der Waals surface area contributed by atoms with Crippen molar-refractivity contribution in [2.24, 2.45) is 17.6 Å². The lowest BCUT2D eigenvalue weighted by Crippen LogP contribution is -2.37. The van der Waals surface area contributed by atoms with Crippen LogP contribution in [0.5, 0.6) is 0 Å². The highest BCUT2D eigenvalue weighted by Crippen LogP contribution is 2.46. The number of hydrogen-bond acceptors (Lipinski definition) is 5. The highest BCUT2D eigenvalue weighted by molar-refractivity contribution is 5.88. The lowest BCUT2D eigenvalue weighted by atomic mass is 9.92. The zero-order chi connectivity index (χ0) is 20.0. The molecule has 1 saturated carbocycles. The van der Waals surface area contributed by atoms with Crippen molar-refractivity contribution in [3.05, 3.63) is 46.2 Å². The number of hydrogen-bond donors (Lipinski definition) is 2. The van der Waals surface area contributed by atoms with Crippen molar-refractivity contribution in [3.8, 4) is 0 Å². The van der Waals surface area contributed by atoms with E-state index in [1.807, 2.05) is 13.0 Å². The molecule has 7 heteroatoms. The summed E-state index contributed by atoms with van der Waals surface area (Å²) in [6, 6.07) is -0.0555. The second-order valence-corrected chi connectivity index (χ2v) is 8.25. The molecule has 2 fully saturated rings. The van der Waals surface area contributed by atoms with Crippen molar-refractivity contribution in [2.45, 2.75) is 32.2 Å². The lowest BCUT2D eigenvalue weighted by molar-refractivity contribution is -0.132. The maximum atomic E-state index is 15.1. The van der Waals surface area contributed by atoms with Gasteiger partial charge in [-0.2, -0.15) is 0 Å². The SMILES string of the molecule is COC[C@@H](N)[C@@H]1CCN(C2=C(C)C3=C(C4CC4)C=C(C(=O)O)CN3C=C2F)C1. The molecule has 0 radical (unpaired) electrons. The van der Waals surface area contributed by atoms with Crippen LogP contribution in [0.3, 0.4) is 0 Å². The van der Waals surface area contributed by atoms with Gasteiger partial charge in [0.15, 0.2) is 5.83 Å². The summed E-state index contributed by atoms with van der Waals surface area (Å²) in [5, 5.41) is 9.46. The highest BCUT2D eigenvalue weighted by Gasteiger charge is 2.38. The van der Waals surface area contributed by atoms with Crippen LogP contribution >= 0.6 is 0 Å². The first kappa shape index (κ1) is 19.2. The van der Waals surface area contributed by atoms with E-state index in [0.717, 1.165) is 42.7 Å². The summed E-state index contributed by atoms with van der Waals surface area (Å²) < 4.78 is 20.3. The number of nitrogens with zero attached hydrogens (tertiary/aromatic N) is 2. The fourth-order valence-electron chi connectivity index (χ4n) is 4.65. The second kappa shape index (κ2) is 7.37. The number of carbonyl (C=O) groups is 1. The number of fused-ring (bicyclic) bond motifs is 1. The van der Waals surface area contributed by atoms with E-state index in [9.17, 15) is 9.90 Å². The standard InChI is InChI=1S/C21H28FN3O3/c1-12-19-16(13-3-4-13)7-15(21(26)27)9-25(19)10-17(22)20(12)24-6-5-14(8-24)18(23)11-28-2/h7,10,13-14,18H,3-6,8-9,11,23H2,1-2H3,(H,26,27)/t14-,18-/m1/s1. The number of carboxylic acid groups (broad SMARTS) is 1. The summed E-state index contributed by atoms with van der Waals surface area (Å²) in [5.41, 5.74) is 10.1. The number of allylic oxidation sites excluding steroid dienone is 4. The number of ether oxygens (including phenoxy) is 1. The third-order valence-corrected chi connectivity index (χ3v) is 6.23. The zero-order valence-corrected chi connectivity index (χ0v) is 16.4. The molecule has 0 aromatic heterocycles. The van der Waals surface area contributed by atoms with Gasteiger partial charge in [-0.15, -0.1) is 0 Å². The Morgan fingerprint density at radius 1 is 1.39 bits per heavy atom. The van der Waals surface area contributed by atoms with Gasteiger partial charge in [-0.3, -0.25) is 0 Å².